The fourth-order valence-corrected chi connectivity index (χ4v) is 1.97. The summed E-state index contributed by atoms with van der Waals surface area (Å²) in [5.41, 5.74) is 1.42. The van der Waals surface area contributed by atoms with Crippen LogP contribution < -0.4 is 5.11 Å². The molecule has 0 atom stereocenters. The Balaban J connectivity index is 2.24. The van der Waals surface area contributed by atoms with E-state index < -0.39 is 5.97 Å². The summed E-state index contributed by atoms with van der Waals surface area (Å²) >= 11 is 1.40. The van der Waals surface area contributed by atoms with Crippen molar-refractivity contribution in [3.8, 4) is 10.6 Å². The summed E-state index contributed by atoms with van der Waals surface area (Å²) in [6.45, 7) is 0. The van der Waals surface area contributed by atoms with Crippen LogP contribution in [0.1, 0.15) is 5.69 Å². The summed E-state index contributed by atoms with van der Waals surface area (Å²) in [5.74, 6) is -1.11. The first-order valence-corrected chi connectivity index (χ1v) is 5.18. The molecular weight excluding hydrogens is 212 g/mol. The highest BCUT2D eigenvalue weighted by Crippen LogP contribution is 2.22. The van der Waals surface area contributed by atoms with E-state index in [4.69, 9.17) is 0 Å². The zero-order valence-corrected chi connectivity index (χ0v) is 8.53. The van der Waals surface area contributed by atoms with Crippen molar-refractivity contribution in [2.24, 2.45) is 0 Å². The molecule has 15 heavy (non-hydrogen) atoms. The molecule has 0 amide bonds. The topological polar surface area (TPSA) is 65.9 Å². The molecule has 0 saturated heterocycles. The fraction of sp³-hybridized carbons (Fsp3) is 0.100. The highest BCUT2D eigenvalue weighted by Gasteiger charge is 2.04. The van der Waals surface area contributed by atoms with Crippen LogP contribution in [0.25, 0.3) is 10.6 Å². The molecular formula is C10H7N2O2S-. The molecule has 0 spiro atoms. The Kier molecular flexibility index (Phi) is 2.73. The van der Waals surface area contributed by atoms with Gasteiger partial charge in [-0.1, -0.05) is 0 Å². The molecule has 76 valence electrons. The molecule has 0 aliphatic heterocycles. The quantitative estimate of drug-likeness (QED) is 0.753. The Morgan fingerprint density at radius 3 is 3.07 bits per heavy atom. The summed E-state index contributed by atoms with van der Waals surface area (Å²) in [6.07, 6.45) is 3.23. The van der Waals surface area contributed by atoms with Crippen molar-refractivity contribution in [2.75, 3.05) is 0 Å². The molecule has 0 aromatic carbocycles. The Morgan fingerprint density at radius 1 is 1.53 bits per heavy atom. The van der Waals surface area contributed by atoms with E-state index in [2.05, 4.69) is 9.97 Å². The van der Waals surface area contributed by atoms with Gasteiger partial charge in [0.25, 0.3) is 0 Å². The van der Waals surface area contributed by atoms with E-state index in [0.29, 0.717) is 5.69 Å². The molecule has 2 aromatic rings. The van der Waals surface area contributed by atoms with Crippen LogP contribution >= 0.6 is 11.3 Å². The van der Waals surface area contributed by atoms with Crippen LogP contribution in [0.15, 0.2) is 29.9 Å². The summed E-state index contributed by atoms with van der Waals surface area (Å²) in [5, 5.41) is 12.9. The number of rotatable bonds is 3. The Bertz CT molecular complexity index is 467. The molecule has 2 heterocycles. The number of nitrogens with zero attached hydrogens (tertiary/aromatic N) is 2. The summed E-state index contributed by atoms with van der Waals surface area (Å²) in [7, 11) is 0. The molecule has 0 radical (unpaired) electrons. The van der Waals surface area contributed by atoms with Gasteiger partial charge in [-0.25, -0.2) is 4.98 Å². The molecule has 0 fully saturated rings. The SMILES string of the molecule is O=C([O-])Cc1csc(-c2cccnc2)n1. The van der Waals surface area contributed by atoms with E-state index in [9.17, 15) is 9.90 Å². The number of carbonyl (C=O) groups excluding carboxylic acids is 1. The number of aliphatic carboxylic acids is 1. The zero-order chi connectivity index (χ0) is 10.7. The Hall–Kier alpha value is -1.75. The number of aromatic nitrogens is 2. The molecule has 2 rings (SSSR count). The lowest BCUT2D eigenvalue weighted by atomic mass is 10.3. The lowest BCUT2D eigenvalue weighted by Gasteiger charge is -1.96. The van der Waals surface area contributed by atoms with Crippen LogP contribution in [0.4, 0.5) is 0 Å². The summed E-state index contributed by atoms with van der Waals surface area (Å²) < 4.78 is 0. The number of hydrogen-bond donors (Lipinski definition) is 0. The van der Waals surface area contributed by atoms with Gasteiger partial charge < -0.3 is 9.90 Å². The normalized spacial score (nSPS) is 10.1. The highest BCUT2D eigenvalue weighted by atomic mass is 32.1. The smallest absolute Gasteiger partial charge is 0.125 e. The van der Waals surface area contributed by atoms with Crippen molar-refractivity contribution in [3.63, 3.8) is 0 Å². The average Bonchev–Trinajstić information content (AvgIpc) is 2.67. The van der Waals surface area contributed by atoms with Gasteiger partial charge in [0.2, 0.25) is 0 Å². The van der Waals surface area contributed by atoms with Gasteiger partial charge in [-0.05, 0) is 12.1 Å². The second kappa shape index (κ2) is 4.18. The maximum atomic E-state index is 10.4. The molecule has 5 heteroatoms. The van der Waals surface area contributed by atoms with E-state index in [1.807, 2.05) is 12.1 Å². The minimum absolute atomic E-state index is 0.142. The maximum absolute atomic E-state index is 10.4. The third-order valence-electron chi connectivity index (χ3n) is 1.79. The van der Waals surface area contributed by atoms with E-state index >= 15 is 0 Å². The Labute approximate surface area is 90.3 Å². The van der Waals surface area contributed by atoms with Crippen LogP contribution in [0.2, 0.25) is 0 Å². The molecule has 0 bridgehead atoms. The van der Waals surface area contributed by atoms with Crippen molar-refractivity contribution in [1.82, 2.24) is 9.97 Å². The third-order valence-corrected chi connectivity index (χ3v) is 2.73. The first kappa shape index (κ1) is 9.79. The minimum Gasteiger partial charge on any atom is -0.550 e. The molecule has 0 aliphatic rings. The second-order valence-corrected chi connectivity index (χ2v) is 3.79. The highest BCUT2D eigenvalue weighted by molar-refractivity contribution is 7.13. The van der Waals surface area contributed by atoms with Crippen LogP contribution in [0.3, 0.4) is 0 Å². The number of thiazole rings is 1. The predicted octanol–water partition coefficient (Wildman–Crippen LogP) is 0.497. The molecule has 2 aromatic heterocycles. The lowest BCUT2D eigenvalue weighted by Crippen LogP contribution is -2.24. The van der Waals surface area contributed by atoms with Crippen LogP contribution in [-0.4, -0.2) is 15.9 Å². The fourth-order valence-electron chi connectivity index (χ4n) is 1.16. The van der Waals surface area contributed by atoms with Crippen molar-refractivity contribution in [1.29, 1.82) is 0 Å². The van der Waals surface area contributed by atoms with Gasteiger partial charge in [0.1, 0.15) is 5.01 Å². The van der Waals surface area contributed by atoms with Crippen molar-refractivity contribution >= 4 is 17.3 Å². The van der Waals surface area contributed by atoms with Crippen LogP contribution in [0.5, 0.6) is 0 Å². The first-order valence-electron chi connectivity index (χ1n) is 4.30. The van der Waals surface area contributed by atoms with E-state index in [0.717, 1.165) is 10.6 Å². The number of carboxylic acid groups (broad SMARTS) is 1. The second-order valence-electron chi connectivity index (χ2n) is 2.93. The number of hydrogen-bond acceptors (Lipinski definition) is 5. The zero-order valence-electron chi connectivity index (χ0n) is 7.71. The van der Waals surface area contributed by atoms with Gasteiger partial charge in [0, 0.05) is 35.7 Å². The van der Waals surface area contributed by atoms with Gasteiger partial charge in [-0.15, -0.1) is 11.3 Å². The van der Waals surface area contributed by atoms with Crippen molar-refractivity contribution in [2.45, 2.75) is 6.42 Å². The molecule has 0 aliphatic carbocycles. The largest absolute Gasteiger partial charge is 0.550 e. The van der Waals surface area contributed by atoms with Crippen molar-refractivity contribution in [3.05, 3.63) is 35.6 Å². The minimum atomic E-state index is -1.11. The molecule has 4 nitrogen and oxygen atoms in total. The molecule has 0 saturated carbocycles. The van der Waals surface area contributed by atoms with Gasteiger partial charge in [-0.2, -0.15) is 0 Å². The van der Waals surface area contributed by atoms with Gasteiger partial charge in [-0.3, -0.25) is 4.98 Å². The van der Waals surface area contributed by atoms with Crippen molar-refractivity contribution < 1.29 is 9.90 Å². The third kappa shape index (κ3) is 2.38. The van der Waals surface area contributed by atoms with Crippen LogP contribution in [-0.2, 0) is 11.2 Å². The lowest BCUT2D eigenvalue weighted by molar-refractivity contribution is -0.304. The molecule has 0 N–H and O–H groups in total. The van der Waals surface area contributed by atoms with E-state index in [1.165, 1.54) is 11.3 Å². The average molecular weight is 219 g/mol. The number of pyridine rings is 1. The predicted molar refractivity (Wildman–Crippen MR) is 54.1 cm³/mol. The summed E-state index contributed by atoms with van der Waals surface area (Å²) in [4.78, 5) is 18.5. The first-order chi connectivity index (χ1) is 7.25. The standard InChI is InChI=1S/C10H8N2O2S/c13-9(14)4-8-6-15-10(12-8)7-2-1-3-11-5-7/h1-3,5-6H,4H2,(H,13,14)/p-1. The van der Waals surface area contributed by atoms with Gasteiger partial charge >= 0.3 is 0 Å². The van der Waals surface area contributed by atoms with Gasteiger partial charge in [0.05, 0.1) is 5.69 Å². The number of carboxylic acids is 1. The molecule has 0 unspecified atom stereocenters. The van der Waals surface area contributed by atoms with Gasteiger partial charge in [0.15, 0.2) is 0 Å². The van der Waals surface area contributed by atoms with E-state index in [1.54, 1.807) is 17.8 Å². The van der Waals surface area contributed by atoms with Crippen LogP contribution in [0, 0.1) is 0 Å². The van der Waals surface area contributed by atoms with E-state index in [-0.39, 0.29) is 6.42 Å². The monoisotopic (exact) mass is 219 g/mol. The Morgan fingerprint density at radius 2 is 2.40 bits per heavy atom. The number of carbonyl (C=O) groups is 1. The maximum Gasteiger partial charge on any atom is 0.125 e. The summed E-state index contributed by atoms with van der Waals surface area (Å²) in [6, 6.07) is 3.70.